The van der Waals surface area contributed by atoms with E-state index in [0.29, 0.717) is 13.2 Å². The van der Waals surface area contributed by atoms with E-state index in [-0.39, 0.29) is 0 Å². The van der Waals surface area contributed by atoms with E-state index in [1.807, 2.05) is 18.2 Å². The van der Waals surface area contributed by atoms with Crippen LogP contribution in [0.2, 0.25) is 0 Å². The van der Waals surface area contributed by atoms with Gasteiger partial charge in [0.2, 0.25) is 0 Å². The fraction of sp³-hybridized carbons (Fsp3) is 0.500. The highest BCUT2D eigenvalue weighted by molar-refractivity contribution is 9.10. The molecule has 90 valence electrons. The number of ether oxygens (including phenoxy) is 3. The van der Waals surface area contributed by atoms with Crippen LogP contribution in [0.5, 0.6) is 11.5 Å². The van der Waals surface area contributed by atoms with Crippen molar-refractivity contribution in [3.63, 3.8) is 0 Å². The van der Waals surface area contributed by atoms with Gasteiger partial charge in [-0.2, -0.15) is 0 Å². The van der Waals surface area contributed by atoms with Crippen molar-refractivity contribution < 1.29 is 14.2 Å². The first-order chi connectivity index (χ1) is 7.77. The van der Waals surface area contributed by atoms with E-state index >= 15 is 0 Å². The molecule has 0 fully saturated rings. The fourth-order valence-electron chi connectivity index (χ4n) is 1.18. The van der Waals surface area contributed by atoms with Gasteiger partial charge in [-0.1, -0.05) is 6.92 Å². The second kappa shape index (κ2) is 7.52. The van der Waals surface area contributed by atoms with Gasteiger partial charge in [-0.3, -0.25) is 0 Å². The lowest BCUT2D eigenvalue weighted by atomic mass is 10.3. The maximum atomic E-state index is 5.56. The summed E-state index contributed by atoms with van der Waals surface area (Å²) in [6.45, 7) is 4.05. The van der Waals surface area contributed by atoms with Crippen molar-refractivity contribution in [1.29, 1.82) is 0 Å². The van der Waals surface area contributed by atoms with E-state index < -0.39 is 0 Å². The molecule has 0 aliphatic rings. The van der Waals surface area contributed by atoms with Gasteiger partial charge in [-0.15, -0.1) is 0 Å². The van der Waals surface area contributed by atoms with Crippen LogP contribution < -0.4 is 9.47 Å². The standard InChI is InChI=1S/C12H17BrO3/c1-3-6-15-7-8-16-12-5-4-10(14-2)9-11(12)13/h4-5,9H,3,6-8H2,1-2H3. The van der Waals surface area contributed by atoms with Crippen molar-refractivity contribution in [3.8, 4) is 11.5 Å². The molecule has 0 amide bonds. The summed E-state index contributed by atoms with van der Waals surface area (Å²) in [6.07, 6.45) is 1.03. The van der Waals surface area contributed by atoms with Crippen LogP contribution in [-0.2, 0) is 4.74 Å². The van der Waals surface area contributed by atoms with Crippen LogP contribution in [0, 0.1) is 0 Å². The van der Waals surface area contributed by atoms with Gasteiger partial charge < -0.3 is 14.2 Å². The van der Waals surface area contributed by atoms with E-state index in [1.54, 1.807) is 7.11 Å². The Bertz CT molecular complexity index is 315. The van der Waals surface area contributed by atoms with Gasteiger partial charge in [0, 0.05) is 6.61 Å². The normalized spacial score (nSPS) is 10.2. The summed E-state index contributed by atoms with van der Waals surface area (Å²) < 4.78 is 16.9. The summed E-state index contributed by atoms with van der Waals surface area (Å²) in [5, 5.41) is 0. The Morgan fingerprint density at radius 3 is 2.62 bits per heavy atom. The van der Waals surface area contributed by atoms with Crippen LogP contribution in [-0.4, -0.2) is 26.9 Å². The zero-order valence-electron chi connectivity index (χ0n) is 9.66. The third-order valence-corrected chi connectivity index (χ3v) is 2.59. The molecule has 0 heterocycles. The molecule has 1 rings (SSSR count). The van der Waals surface area contributed by atoms with E-state index in [0.717, 1.165) is 29.0 Å². The molecular formula is C12H17BrO3. The second-order valence-electron chi connectivity index (χ2n) is 3.26. The predicted octanol–water partition coefficient (Wildman–Crippen LogP) is 3.26. The van der Waals surface area contributed by atoms with Gasteiger partial charge in [0.25, 0.3) is 0 Å². The van der Waals surface area contributed by atoms with Crippen molar-refractivity contribution in [2.75, 3.05) is 26.9 Å². The highest BCUT2D eigenvalue weighted by Gasteiger charge is 2.02. The molecule has 0 unspecified atom stereocenters. The molecule has 0 spiro atoms. The van der Waals surface area contributed by atoms with Gasteiger partial charge >= 0.3 is 0 Å². The van der Waals surface area contributed by atoms with Crippen molar-refractivity contribution >= 4 is 15.9 Å². The van der Waals surface area contributed by atoms with Crippen LogP contribution in [0.3, 0.4) is 0 Å². The molecule has 1 aromatic carbocycles. The van der Waals surface area contributed by atoms with Crippen molar-refractivity contribution in [2.24, 2.45) is 0 Å². The molecule has 0 N–H and O–H groups in total. The third kappa shape index (κ3) is 4.41. The maximum Gasteiger partial charge on any atom is 0.133 e. The molecule has 0 aliphatic heterocycles. The Labute approximate surface area is 105 Å². The average Bonchev–Trinajstić information content (AvgIpc) is 2.30. The minimum atomic E-state index is 0.560. The van der Waals surface area contributed by atoms with Crippen molar-refractivity contribution in [3.05, 3.63) is 22.7 Å². The van der Waals surface area contributed by atoms with Gasteiger partial charge in [-0.05, 0) is 40.5 Å². The lowest BCUT2D eigenvalue weighted by molar-refractivity contribution is 0.100. The lowest BCUT2D eigenvalue weighted by Gasteiger charge is -2.09. The number of halogens is 1. The van der Waals surface area contributed by atoms with Crippen LogP contribution in [0.1, 0.15) is 13.3 Å². The SMILES string of the molecule is CCCOCCOc1ccc(OC)cc1Br. The van der Waals surface area contributed by atoms with Crippen LogP contribution in [0.25, 0.3) is 0 Å². The van der Waals surface area contributed by atoms with Crippen molar-refractivity contribution in [1.82, 2.24) is 0 Å². The van der Waals surface area contributed by atoms with E-state index in [9.17, 15) is 0 Å². The summed E-state index contributed by atoms with van der Waals surface area (Å²) in [7, 11) is 1.64. The Kier molecular flexibility index (Phi) is 6.26. The zero-order valence-corrected chi connectivity index (χ0v) is 11.2. The number of methoxy groups -OCH3 is 1. The second-order valence-corrected chi connectivity index (χ2v) is 4.11. The third-order valence-electron chi connectivity index (χ3n) is 1.97. The molecule has 0 radical (unpaired) electrons. The Hall–Kier alpha value is -0.740. The highest BCUT2D eigenvalue weighted by atomic mass is 79.9. The fourth-order valence-corrected chi connectivity index (χ4v) is 1.65. The summed E-state index contributed by atoms with van der Waals surface area (Å²) in [6, 6.07) is 5.62. The molecule has 1 aromatic rings. The predicted molar refractivity (Wildman–Crippen MR) is 67.3 cm³/mol. The Morgan fingerprint density at radius 1 is 1.19 bits per heavy atom. The number of hydrogen-bond donors (Lipinski definition) is 0. The number of hydrogen-bond acceptors (Lipinski definition) is 3. The quantitative estimate of drug-likeness (QED) is 0.721. The maximum absolute atomic E-state index is 5.56. The molecule has 0 aromatic heterocycles. The van der Waals surface area contributed by atoms with E-state index in [2.05, 4.69) is 22.9 Å². The Morgan fingerprint density at radius 2 is 2.00 bits per heavy atom. The molecular weight excluding hydrogens is 272 g/mol. The summed E-state index contributed by atoms with van der Waals surface area (Å²) >= 11 is 3.42. The number of rotatable bonds is 7. The van der Waals surface area contributed by atoms with Gasteiger partial charge in [0.1, 0.15) is 18.1 Å². The van der Waals surface area contributed by atoms with Crippen LogP contribution in [0.15, 0.2) is 22.7 Å². The average molecular weight is 289 g/mol. The molecule has 0 atom stereocenters. The topological polar surface area (TPSA) is 27.7 Å². The van der Waals surface area contributed by atoms with E-state index in [4.69, 9.17) is 14.2 Å². The minimum Gasteiger partial charge on any atom is -0.497 e. The largest absolute Gasteiger partial charge is 0.497 e. The van der Waals surface area contributed by atoms with Gasteiger partial charge in [0.05, 0.1) is 18.2 Å². The summed E-state index contributed by atoms with van der Waals surface area (Å²) in [5.74, 6) is 1.61. The highest BCUT2D eigenvalue weighted by Crippen LogP contribution is 2.28. The van der Waals surface area contributed by atoms with Gasteiger partial charge in [0.15, 0.2) is 0 Å². The first-order valence-electron chi connectivity index (χ1n) is 5.32. The monoisotopic (exact) mass is 288 g/mol. The van der Waals surface area contributed by atoms with Gasteiger partial charge in [-0.25, -0.2) is 0 Å². The zero-order chi connectivity index (χ0) is 11.8. The van der Waals surface area contributed by atoms with Crippen LogP contribution >= 0.6 is 15.9 Å². The molecule has 4 heteroatoms. The summed E-state index contributed by atoms with van der Waals surface area (Å²) in [5.41, 5.74) is 0. The molecule has 0 aliphatic carbocycles. The van der Waals surface area contributed by atoms with Crippen LogP contribution in [0.4, 0.5) is 0 Å². The lowest BCUT2D eigenvalue weighted by Crippen LogP contribution is -2.07. The molecule has 3 nitrogen and oxygen atoms in total. The molecule has 0 saturated carbocycles. The van der Waals surface area contributed by atoms with Crippen molar-refractivity contribution in [2.45, 2.75) is 13.3 Å². The molecule has 0 saturated heterocycles. The first-order valence-corrected chi connectivity index (χ1v) is 6.11. The Balaban J connectivity index is 2.36. The van der Waals surface area contributed by atoms with E-state index in [1.165, 1.54) is 0 Å². The first kappa shape index (κ1) is 13.3. The minimum absolute atomic E-state index is 0.560. The molecule has 16 heavy (non-hydrogen) atoms. The smallest absolute Gasteiger partial charge is 0.133 e. The summed E-state index contributed by atoms with van der Waals surface area (Å²) in [4.78, 5) is 0. The molecule has 0 bridgehead atoms. The number of benzene rings is 1.